The molecule has 0 spiro atoms. The van der Waals surface area contributed by atoms with Gasteiger partial charge in [0.15, 0.2) is 6.29 Å². The molecule has 0 aliphatic carbocycles. The SMILES string of the molecule is CN(C)C=C(C=O)c1cc(N(C)C)ncc1[N+](=O)[O-]. The lowest BCUT2D eigenvalue weighted by atomic mass is 10.1. The molecule has 102 valence electrons. The molecule has 7 nitrogen and oxygen atoms in total. The molecule has 0 unspecified atom stereocenters. The minimum atomic E-state index is -0.547. The Hall–Kier alpha value is -2.44. The van der Waals surface area contributed by atoms with Gasteiger partial charge in [0.25, 0.3) is 5.69 Å². The fourth-order valence-electron chi connectivity index (χ4n) is 1.50. The molecule has 0 aliphatic heterocycles. The van der Waals surface area contributed by atoms with Crippen LogP contribution in [0.25, 0.3) is 5.57 Å². The molecule has 1 rings (SSSR count). The van der Waals surface area contributed by atoms with Gasteiger partial charge in [-0.25, -0.2) is 4.98 Å². The smallest absolute Gasteiger partial charge is 0.295 e. The first-order chi connectivity index (χ1) is 8.86. The first kappa shape index (κ1) is 14.6. The van der Waals surface area contributed by atoms with E-state index >= 15 is 0 Å². The molecule has 0 aliphatic rings. The topological polar surface area (TPSA) is 79.6 Å². The third-order valence-corrected chi connectivity index (χ3v) is 2.36. The van der Waals surface area contributed by atoms with Gasteiger partial charge in [0, 0.05) is 40.0 Å². The number of aromatic nitrogens is 1. The Morgan fingerprint density at radius 1 is 1.37 bits per heavy atom. The van der Waals surface area contributed by atoms with Crippen molar-refractivity contribution in [1.29, 1.82) is 0 Å². The van der Waals surface area contributed by atoms with Crippen LogP contribution in [0.5, 0.6) is 0 Å². The highest BCUT2D eigenvalue weighted by Crippen LogP contribution is 2.27. The molecule has 1 aromatic heterocycles. The van der Waals surface area contributed by atoms with E-state index in [1.165, 1.54) is 12.3 Å². The van der Waals surface area contributed by atoms with Gasteiger partial charge in [-0.3, -0.25) is 14.9 Å². The van der Waals surface area contributed by atoms with Crippen molar-refractivity contribution in [2.75, 3.05) is 33.1 Å². The van der Waals surface area contributed by atoms with E-state index in [1.54, 1.807) is 38.0 Å². The molecule has 0 saturated carbocycles. The number of anilines is 1. The zero-order valence-electron chi connectivity index (χ0n) is 11.3. The number of hydrogen-bond donors (Lipinski definition) is 0. The van der Waals surface area contributed by atoms with E-state index in [2.05, 4.69) is 4.98 Å². The molecular formula is C12H16N4O3. The maximum absolute atomic E-state index is 11.1. The summed E-state index contributed by atoms with van der Waals surface area (Å²) in [7, 11) is 7.02. The predicted molar refractivity (Wildman–Crippen MR) is 72.9 cm³/mol. The molecule has 7 heteroatoms. The maximum Gasteiger partial charge on any atom is 0.295 e. The zero-order valence-corrected chi connectivity index (χ0v) is 11.3. The van der Waals surface area contributed by atoms with Crippen LogP contribution in [0.15, 0.2) is 18.5 Å². The molecular weight excluding hydrogens is 248 g/mol. The zero-order chi connectivity index (χ0) is 14.6. The second-order valence-electron chi connectivity index (χ2n) is 4.38. The monoisotopic (exact) mass is 264 g/mol. The summed E-state index contributed by atoms with van der Waals surface area (Å²) in [4.78, 5) is 29.0. The van der Waals surface area contributed by atoms with E-state index in [-0.39, 0.29) is 16.8 Å². The molecule has 0 atom stereocenters. The van der Waals surface area contributed by atoms with Gasteiger partial charge in [-0.05, 0) is 6.07 Å². The Balaban J connectivity index is 3.47. The molecule has 0 bridgehead atoms. The van der Waals surface area contributed by atoms with Gasteiger partial charge < -0.3 is 9.80 Å². The number of aldehydes is 1. The van der Waals surface area contributed by atoms with Crippen LogP contribution in [0.1, 0.15) is 5.56 Å². The average molecular weight is 264 g/mol. The molecule has 0 aromatic carbocycles. The number of hydrogen-bond acceptors (Lipinski definition) is 6. The molecule has 1 heterocycles. The first-order valence-electron chi connectivity index (χ1n) is 5.52. The van der Waals surface area contributed by atoms with Gasteiger partial charge in [-0.2, -0.15) is 0 Å². The van der Waals surface area contributed by atoms with Crippen molar-refractivity contribution in [2.45, 2.75) is 0 Å². The van der Waals surface area contributed by atoms with Gasteiger partial charge in [-0.15, -0.1) is 0 Å². The highest BCUT2D eigenvalue weighted by molar-refractivity contribution is 6.08. The number of allylic oxidation sites excluding steroid dienone is 1. The van der Waals surface area contributed by atoms with E-state index in [4.69, 9.17) is 0 Å². The van der Waals surface area contributed by atoms with Crippen LogP contribution < -0.4 is 4.90 Å². The second kappa shape index (κ2) is 5.94. The van der Waals surface area contributed by atoms with Crippen LogP contribution in [0.4, 0.5) is 11.5 Å². The number of nitro groups is 1. The van der Waals surface area contributed by atoms with E-state index < -0.39 is 4.92 Å². The number of nitrogens with zero attached hydrogens (tertiary/aromatic N) is 4. The minimum absolute atomic E-state index is 0.189. The molecule has 0 N–H and O–H groups in total. The number of carbonyl (C=O) groups excluding carboxylic acids is 1. The highest BCUT2D eigenvalue weighted by Gasteiger charge is 2.19. The summed E-state index contributed by atoms with van der Waals surface area (Å²) in [5.41, 5.74) is 0.306. The van der Waals surface area contributed by atoms with E-state index in [1.807, 2.05) is 0 Å². The molecule has 0 saturated heterocycles. The van der Waals surface area contributed by atoms with Crippen molar-refractivity contribution in [3.63, 3.8) is 0 Å². The Morgan fingerprint density at radius 3 is 2.42 bits per heavy atom. The van der Waals surface area contributed by atoms with E-state index in [9.17, 15) is 14.9 Å². The van der Waals surface area contributed by atoms with E-state index in [0.717, 1.165) is 6.20 Å². The normalized spacial score (nSPS) is 11.1. The van der Waals surface area contributed by atoms with Gasteiger partial charge >= 0.3 is 0 Å². The van der Waals surface area contributed by atoms with Crippen LogP contribution in [-0.2, 0) is 4.79 Å². The lowest BCUT2D eigenvalue weighted by molar-refractivity contribution is -0.385. The van der Waals surface area contributed by atoms with Crippen molar-refractivity contribution in [2.24, 2.45) is 0 Å². The van der Waals surface area contributed by atoms with E-state index in [0.29, 0.717) is 12.1 Å². The predicted octanol–water partition coefficient (Wildman–Crippen LogP) is 1.16. The Morgan fingerprint density at radius 2 is 2.00 bits per heavy atom. The molecule has 0 fully saturated rings. The molecule has 1 aromatic rings. The van der Waals surface area contributed by atoms with Crippen LogP contribution in [0.2, 0.25) is 0 Å². The van der Waals surface area contributed by atoms with Gasteiger partial charge in [0.2, 0.25) is 0 Å². The number of pyridine rings is 1. The summed E-state index contributed by atoms with van der Waals surface area (Å²) in [6, 6.07) is 1.53. The van der Waals surface area contributed by atoms with Crippen LogP contribution >= 0.6 is 0 Å². The summed E-state index contributed by atoms with van der Waals surface area (Å²) >= 11 is 0. The minimum Gasteiger partial charge on any atom is -0.383 e. The number of carbonyl (C=O) groups is 1. The number of rotatable bonds is 5. The average Bonchev–Trinajstić information content (AvgIpc) is 2.34. The summed E-state index contributed by atoms with van der Waals surface area (Å²) in [6.45, 7) is 0. The van der Waals surface area contributed by atoms with Crippen molar-refractivity contribution < 1.29 is 9.72 Å². The Bertz CT molecular complexity index is 524. The largest absolute Gasteiger partial charge is 0.383 e. The van der Waals surface area contributed by atoms with Crippen LogP contribution in [0.3, 0.4) is 0 Å². The highest BCUT2D eigenvalue weighted by atomic mass is 16.6. The van der Waals surface area contributed by atoms with Crippen molar-refractivity contribution >= 4 is 23.4 Å². The first-order valence-corrected chi connectivity index (χ1v) is 5.52. The van der Waals surface area contributed by atoms with Crippen LogP contribution in [0, 0.1) is 10.1 Å². The lowest BCUT2D eigenvalue weighted by Gasteiger charge is -2.13. The molecule has 19 heavy (non-hydrogen) atoms. The Kier molecular flexibility index (Phi) is 4.57. The maximum atomic E-state index is 11.1. The molecule has 0 radical (unpaired) electrons. The van der Waals surface area contributed by atoms with Crippen molar-refractivity contribution in [1.82, 2.24) is 9.88 Å². The lowest BCUT2D eigenvalue weighted by Crippen LogP contribution is -2.12. The summed E-state index contributed by atoms with van der Waals surface area (Å²) in [5, 5.41) is 11.0. The summed E-state index contributed by atoms with van der Waals surface area (Å²) in [6.07, 6.45) is 3.30. The quantitative estimate of drug-likeness (QED) is 0.343. The van der Waals surface area contributed by atoms with Crippen molar-refractivity contribution in [3.8, 4) is 0 Å². The fourth-order valence-corrected chi connectivity index (χ4v) is 1.50. The van der Waals surface area contributed by atoms with Gasteiger partial charge in [0.1, 0.15) is 12.0 Å². The Labute approximate surface area is 111 Å². The van der Waals surface area contributed by atoms with Crippen LogP contribution in [-0.4, -0.2) is 49.3 Å². The van der Waals surface area contributed by atoms with Gasteiger partial charge in [-0.1, -0.05) is 0 Å². The second-order valence-corrected chi connectivity index (χ2v) is 4.38. The van der Waals surface area contributed by atoms with Gasteiger partial charge in [0.05, 0.1) is 10.5 Å². The standard InChI is InChI=1S/C12H16N4O3/c1-14(2)7-9(8-17)10-5-12(15(3)4)13-6-11(10)16(18)19/h5-8H,1-4H3. The summed E-state index contributed by atoms with van der Waals surface area (Å²) < 4.78 is 0. The van der Waals surface area contributed by atoms with Crippen molar-refractivity contribution in [3.05, 3.63) is 34.1 Å². The summed E-state index contributed by atoms with van der Waals surface area (Å²) in [5.74, 6) is 0.548. The third-order valence-electron chi connectivity index (χ3n) is 2.36. The molecule has 0 amide bonds. The third kappa shape index (κ3) is 3.51. The fraction of sp³-hybridized carbons (Fsp3) is 0.333.